The molecule has 0 amide bonds. The van der Waals surface area contributed by atoms with E-state index in [9.17, 15) is 9.18 Å². The molecule has 1 aromatic carbocycles. The van der Waals surface area contributed by atoms with Crippen LogP contribution in [0, 0.1) is 29.5 Å². The number of rotatable bonds is 8. The Labute approximate surface area is 203 Å². The van der Waals surface area contributed by atoms with Gasteiger partial charge >= 0.3 is 0 Å². The van der Waals surface area contributed by atoms with Gasteiger partial charge in [-0.1, -0.05) is 43.2 Å². The molecular weight excluding hydrogens is 425 g/mol. The second-order valence-electron chi connectivity index (χ2n) is 10.9. The zero-order chi connectivity index (χ0) is 23.3. The fourth-order valence-corrected chi connectivity index (χ4v) is 6.51. The maximum Gasteiger partial charge on any atom is 0.137 e. The van der Waals surface area contributed by atoms with Gasteiger partial charge in [-0.15, -0.1) is 0 Å². The Morgan fingerprint density at radius 3 is 2.76 bits per heavy atom. The van der Waals surface area contributed by atoms with Gasteiger partial charge in [0.25, 0.3) is 0 Å². The number of nitrogens with zero attached hydrogens (tertiary/aromatic N) is 2. The van der Waals surface area contributed by atoms with Crippen molar-refractivity contribution >= 4 is 12.0 Å². The second kappa shape index (κ2) is 11.0. The summed E-state index contributed by atoms with van der Waals surface area (Å²) in [7, 11) is 0. The van der Waals surface area contributed by atoms with Gasteiger partial charge in [0, 0.05) is 38.1 Å². The van der Waals surface area contributed by atoms with Crippen LogP contribution >= 0.6 is 0 Å². The van der Waals surface area contributed by atoms with Gasteiger partial charge in [-0.2, -0.15) is 5.10 Å². The molecule has 5 heteroatoms. The Kier molecular flexibility index (Phi) is 7.58. The number of carbonyl (C=O) groups is 1. The van der Waals surface area contributed by atoms with Crippen LogP contribution in [0.4, 0.5) is 4.39 Å². The van der Waals surface area contributed by atoms with Crippen LogP contribution in [0.5, 0.6) is 0 Å². The number of Topliss-reactive ketones (excluding diaryl/α,β-unsaturated/α-hetero) is 1. The highest BCUT2D eigenvalue weighted by Gasteiger charge is 2.31. The van der Waals surface area contributed by atoms with Crippen molar-refractivity contribution < 1.29 is 9.18 Å². The molecule has 2 aliphatic carbocycles. The van der Waals surface area contributed by atoms with Crippen molar-refractivity contribution in [2.75, 3.05) is 19.6 Å². The summed E-state index contributed by atoms with van der Waals surface area (Å²) >= 11 is 0. The van der Waals surface area contributed by atoms with Gasteiger partial charge in [0.05, 0.1) is 6.04 Å². The average molecular weight is 464 g/mol. The highest BCUT2D eigenvalue weighted by atomic mass is 19.1. The smallest absolute Gasteiger partial charge is 0.137 e. The molecule has 1 N–H and O–H groups in total. The second-order valence-corrected chi connectivity index (χ2v) is 10.9. The van der Waals surface area contributed by atoms with Crippen molar-refractivity contribution in [1.29, 1.82) is 0 Å². The van der Waals surface area contributed by atoms with Gasteiger partial charge in [-0.25, -0.2) is 4.39 Å². The summed E-state index contributed by atoms with van der Waals surface area (Å²) in [5.41, 5.74) is 5.50. The Hall–Kier alpha value is -2.27. The quantitative estimate of drug-likeness (QED) is 0.569. The summed E-state index contributed by atoms with van der Waals surface area (Å²) < 4.78 is 13.3. The SMILES string of the molecule is O=C(CC1=CC2NN=CC2C=C1)C[C@@H]1CCCC[C@H]1CN1CCC[C@@H](Cc2ccc(F)cc2)C1. The molecule has 1 aromatic rings. The molecule has 2 aliphatic heterocycles. The predicted molar refractivity (Wildman–Crippen MR) is 135 cm³/mol. The first-order valence-electron chi connectivity index (χ1n) is 13.3. The molecule has 4 aliphatic rings. The van der Waals surface area contributed by atoms with E-state index in [2.05, 4.69) is 33.7 Å². The maximum absolute atomic E-state index is 13.3. The zero-order valence-electron chi connectivity index (χ0n) is 20.2. The molecule has 2 fully saturated rings. The number of ketones is 1. The van der Waals surface area contributed by atoms with E-state index in [1.165, 1.54) is 50.6 Å². The van der Waals surface area contributed by atoms with E-state index in [1.807, 2.05) is 18.3 Å². The van der Waals surface area contributed by atoms with Crippen LogP contribution in [-0.4, -0.2) is 42.6 Å². The molecule has 1 saturated carbocycles. The summed E-state index contributed by atoms with van der Waals surface area (Å²) in [5, 5.41) is 4.16. The number of carbonyl (C=O) groups excluding carboxylic acids is 1. The Morgan fingerprint density at radius 2 is 1.91 bits per heavy atom. The number of piperidine rings is 1. The highest BCUT2D eigenvalue weighted by molar-refractivity contribution is 5.82. The lowest BCUT2D eigenvalue weighted by Gasteiger charge is -2.39. The first-order valence-corrected chi connectivity index (χ1v) is 13.3. The summed E-state index contributed by atoms with van der Waals surface area (Å²) in [6.45, 7) is 3.43. The van der Waals surface area contributed by atoms with Crippen LogP contribution < -0.4 is 5.43 Å². The van der Waals surface area contributed by atoms with Crippen LogP contribution in [0.2, 0.25) is 0 Å². The van der Waals surface area contributed by atoms with Crippen molar-refractivity contribution in [2.24, 2.45) is 28.8 Å². The van der Waals surface area contributed by atoms with Crippen molar-refractivity contribution in [2.45, 2.75) is 63.8 Å². The Morgan fingerprint density at radius 1 is 1.09 bits per heavy atom. The molecule has 0 spiro atoms. The van der Waals surface area contributed by atoms with Crippen LogP contribution in [0.1, 0.15) is 56.9 Å². The number of halogens is 1. The fourth-order valence-electron chi connectivity index (χ4n) is 6.51. The summed E-state index contributed by atoms with van der Waals surface area (Å²) in [6, 6.07) is 7.25. The van der Waals surface area contributed by atoms with Crippen molar-refractivity contribution in [1.82, 2.24) is 10.3 Å². The molecule has 1 saturated heterocycles. The van der Waals surface area contributed by atoms with E-state index in [0.717, 1.165) is 31.5 Å². The number of hydrogen-bond acceptors (Lipinski definition) is 4. The van der Waals surface area contributed by atoms with Crippen LogP contribution in [0.3, 0.4) is 0 Å². The molecule has 2 heterocycles. The number of nitrogens with one attached hydrogen (secondary N) is 1. The normalized spacial score (nSPS) is 31.1. The molecule has 182 valence electrons. The summed E-state index contributed by atoms with van der Waals surface area (Å²) in [6.07, 6.45) is 18.2. The van der Waals surface area contributed by atoms with Gasteiger partial charge in [-0.05, 0) is 79.7 Å². The third-order valence-electron chi connectivity index (χ3n) is 8.30. The Balaban J connectivity index is 1.12. The minimum atomic E-state index is -0.156. The predicted octanol–water partition coefficient (Wildman–Crippen LogP) is 5.31. The lowest BCUT2D eigenvalue weighted by atomic mass is 9.75. The molecule has 0 aromatic heterocycles. The van der Waals surface area contributed by atoms with Crippen molar-refractivity contribution in [3.63, 3.8) is 0 Å². The van der Waals surface area contributed by atoms with Crippen LogP contribution in [-0.2, 0) is 11.2 Å². The van der Waals surface area contributed by atoms with Gasteiger partial charge in [0.1, 0.15) is 11.6 Å². The minimum Gasteiger partial charge on any atom is -0.303 e. The molecule has 2 unspecified atom stereocenters. The molecular formula is C29H38FN3O. The number of hydrazone groups is 1. The van der Waals surface area contributed by atoms with E-state index in [0.29, 0.717) is 35.9 Å². The molecule has 5 atom stereocenters. The third-order valence-corrected chi connectivity index (χ3v) is 8.30. The fraction of sp³-hybridized carbons (Fsp3) is 0.586. The highest BCUT2D eigenvalue weighted by Crippen LogP contribution is 2.35. The monoisotopic (exact) mass is 463 g/mol. The minimum absolute atomic E-state index is 0.156. The van der Waals surface area contributed by atoms with E-state index in [1.54, 1.807) is 12.1 Å². The Bertz CT molecular complexity index is 937. The number of likely N-dealkylation sites (tertiary alicyclic amines) is 1. The van der Waals surface area contributed by atoms with Gasteiger partial charge in [0.2, 0.25) is 0 Å². The standard InChI is InChI=1S/C29H38FN3O/c30-27-11-8-21(9-12-27)14-23-4-3-13-33(19-23)20-26-6-2-1-5-24(26)17-28(34)15-22-7-10-25-18-31-32-29(25)16-22/h7-12,16,18,23-26,29,32H,1-6,13-15,17,19-20H2/t23-,24-,25?,26-,29?/m0/s1. The number of fused-ring (bicyclic) bond motifs is 1. The lowest BCUT2D eigenvalue weighted by molar-refractivity contribution is -0.120. The lowest BCUT2D eigenvalue weighted by Crippen LogP contribution is -2.41. The van der Waals surface area contributed by atoms with E-state index < -0.39 is 0 Å². The van der Waals surface area contributed by atoms with Crippen molar-refractivity contribution in [3.8, 4) is 0 Å². The molecule has 4 nitrogen and oxygen atoms in total. The third kappa shape index (κ3) is 6.04. The molecule has 34 heavy (non-hydrogen) atoms. The summed E-state index contributed by atoms with van der Waals surface area (Å²) in [4.78, 5) is 15.7. The molecule has 5 rings (SSSR count). The number of benzene rings is 1. The van der Waals surface area contributed by atoms with Crippen molar-refractivity contribution in [3.05, 3.63) is 59.4 Å². The van der Waals surface area contributed by atoms with Gasteiger partial charge in [-0.3, -0.25) is 4.79 Å². The average Bonchev–Trinajstić information content (AvgIpc) is 3.30. The first-order chi connectivity index (χ1) is 16.6. The van der Waals surface area contributed by atoms with E-state index in [-0.39, 0.29) is 11.9 Å². The molecule has 0 radical (unpaired) electrons. The van der Waals surface area contributed by atoms with Gasteiger partial charge in [0.15, 0.2) is 0 Å². The van der Waals surface area contributed by atoms with E-state index >= 15 is 0 Å². The topological polar surface area (TPSA) is 44.7 Å². The first kappa shape index (κ1) is 23.5. The van der Waals surface area contributed by atoms with E-state index in [4.69, 9.17) is 0 Å². The summed E-state index contributed by atoms with van der Waals surface area (Å²) in [5.74, 6) is 2.36. The number of allylic oxidation sites excluding steroid dienone is 2. The maximum atomic E-state index is 13.3. The number of hydrogen-bond donors (Lipinski definition) is 1. The van der Waals surface area contributed by atoms with Crippen LogP contribution in [0.15, 0.2) is 53.2 Å². The van der Waals surface area contributed by atoms with Crippen LogP contribution in [0.25, 0.3) is 0 Å². The van der Waals surface area contributed by atoms with Gasteiger partial charge < -0.3 is 10.3 Å². The largest absolute Gasteiger partial charge is 0.303 e. The zero-order valence-corrected chi connectivity index (χ0v) is 20.2. The molecule has 0 bridgehead atoms.